The number of nitrogens with one attached hydrogen (secondary N) is 1. The smallest absolute Gasteiger partial charge is 0.103 e. The van der Waals surface area contributed by atoms with Gasteiger partial charge < -0.3 is 5.32 Å². The van der Waals surface area contributed by atoms with Crippen LogP contribution in [0.3, 0.4) is 0 Å². The summed E-state index contributed by atoms with van der Waals surface area (Å²) in [6, 6.07) is 15.7. The first kappa shape index (κ1) is 14.4. The van der Waals surface area contributed by atoms with Gasteiger partial charge in [-0.15, -0.1) is 0 Å². The van der Waals surface area contributed by atoms with Crippen LogP contribution in [0.25, 0.3) is 0 Å². The van der Waals surface area contributed by atoms with Crippen LogP contribution in [-0.2, 0) is 5.41 Å². The van der Waals surface area contributed by atoms with Gasteiger partial charge in [-0.05, 0) is 35.2 Å². The molecule has 0 aliphatic heterocycles. The second-order valence-electron chi connectivity index (χ2n) is 5.73. The summed E-state index contributed by atoms with van der Waals surface area (Å²) in [5.41, 5.74) is 3.54. The van der Waals surface area contributed by atoms with E-state index in [0.717, 1.165) is 11.4 Å². The van der Waals surface area contributed by atoms with Crippen molar-refractivity contribution >= 4 is 23.0 Å². The van der Waals surface area contributed by atoms with E-state index in [4.69, 9.17) is 16.9 Å². The molecule has 0 aromatic heterocycles. The molecule has 0 spiro atoms. The molecule has 0 unspecified atom stereocenters. The molecule has 2 aromatic rings. The summed E-state index contributed by atoms with van der Waals surface area (Å²) < 4.78 is 0. The van der Waals surface area contributed by atoms with Crippen LogP contribution in [0.1, 0.15) is 31.9 Å². The Labute approximate surface area is 125 Å². The molecule has 0 aliphatic rings. The zero-order valence-electron chi connectivity index (χ0n) is 11.9. The molecule has 0 saturated heterocycles. The number of nitriles is 1. The molecule has 2 rings (SSSR count). The van der Waals surface area contributed by atoms with E-state index in [9.17, 15) is 0 Å². The third-order valence-corrected chi connectivity index (χ3v) is 3.47. The molecule has 0 saturated carbocycles. The highest BCUT2D eigenvalue weighted by atomic mass is 35.5. The van der Waals surface area contributed by atoms with Gasteiger partial charge in [0.05, 0.1) is 16.3 Å². The first-order valence-corrected chi connectivity index (χ1v) is 6.86. The molecule has 0 heterocycles. The summed E-state index contributed by atoms with van der Waals surface area (Å²) in [7, 11) is 0. The van der Waals surface area contributed by atoms with Crippen molar-refractivity contribution in [2.75, 3.05) is 5.32 Å². The van der Waals surface area contributed by atoms with Crippen molar-refractivity contribution in [3.63, 3.8) is 0 Å². The molecule has 20 heavy (non-hydrogen) atoms. The summed E-state index contributed by atoms with van der Waals surface area (Å²) in [6.07, 6.45) is 0. The van der Waals surface area contributed by atoms with Crippen molar-refractivity contribution in [1.82, 2.24) is 0 Å². The second kappa shape index (κ2) is 5.56. The minimum absolute atomic E-state index is 0.131. The summed E-state index contributed by atoms with van der Waals surface area (Å²) in [5.74, 6) is 0. The Kier molecular flexibility index (Phi) is 4.01. The number of halogens is 1. The fourth-order valence-electron chi connectivity index (χ4n) is 1.95. The maximum atomic E-state index is 9.15. The minimum atomic E-state index is 0.131. The summed E-state index contributed by atoms with van der Waals surface area (Å²) in [4.78, 5) is 0. The Morgan fingerprint density at radius 2 is 1.70 bits per heavy atom. The average molecular weight is 285 g/mol. The Morgan fingerprint density at radius 3 is 2.25 bits per heavy atom. The Hall–Kier alpha value is -1.98. The van der Waals surface area contributed by atoms with Crippen molar-refractivity contribution in [3.8, 4) is 6.07 Å². The van der Waals surface area contributed by atoms with Crippen LogP contribution in [0.15, 0.2) is 42.5 Å². The van der Waals surface area contributed by atoms with Crippen LogP contribution in [-0.4, -0.2) is 0 Å². The number of rotatable bonds is 2. The topological polar surface area (TPSA) is 35.8 Å². The van der Waals surface area contributed by atoms with E-state index in [0.29, 0.717) is 10.6 Å². The minimum Gasteiger partial charge on any atom is -0.354 e. The Balaban J connectivity index is 2.28. The molecule has 2 nitrogen and oxygen atoms in total. The van der Waals surface area contributed by atoms with Crippen molar-refractivity contribution in [3.05, 3.63) is 58.6 Å². The van der Waals surface area contributed by atoms with Crippen molar-refractivity contribution in [1.29, 1.82) is 5.26 Å². The van der Waals surface area contributed by atoms with Gasteiger partial charge in [0, 0.05) is 5.69 Å². The number of benzene rings is 2. The van der Waals surface area contributed by atoms with Gasteiger partial charge in [0.1, 0.15) is 6.07 Å². The first-order valence-electron chi connectivity index (χ1n) is 6.48. The van der Waals surface area contributed by atoms with Gasteiger partial charge >= 0.3 is 0 Å². The van der Waals surface area contributed by atoms with Crippen LogP contribution in [0.2, 0.25) is 5.02 Å². The lowest BCUT2D eigenvalue weighted by Crippen LogP contribution is -2.10. The number of nitrogens with zero attached hydrogens (tertiary/aromatic N) is 1. The van der Waals surface area contributed by atoms with Crippen molar-refractivity contribution < 1.29 is 0 Å². The van der Waals surface area contributed by atoms with Crippen LogP contribution in [0.5, 0.6) is 0 Å². The summed E-state index contributed by atoms with van der Waals surface area (Å²) in [6.45, 7) is 6.54. The summed E-state index contributed by atoms with van der Waals surface area (Å²) >= 11 is 6.02. The van der Waals surface area contributed by atoms with Crippen molar-refractivity contribution in [2.45, 2.75) is 26.2 Å². The van der Waals surface area contributed by atoms with E-state index in [-0.39, 0.29) is 5.41 Å². The third kappa shape index (κ3) is 3.12. The Morgan fingerprint density at radius 1 is 1.05 bits per heavy atom. The molecule has 102 valence electrons. The van der Waals surface area contributed by atoms with Gasteiger partial charge in [0.2, 0.25) is 0 Å². The second-order valence-corrected chi connectivity index (χ2v) is 6.13. The van der Waals surface area contributed by atoms with E-state index >= 15 is 0 Å². The molecule has 0 bridgehead atoms. The lowest BCUT2D eigenvalue weighted by atomic mass is 9.87. The van der Waals surface area contributed by atoms with Gasteiger partial charge in [0.15, 0.2) is 0 Å². The predicted molar refractivity (Wildman–Crippen MR) is 84.6 cm³/mol. The third-order valence-electron chi connectivity index (χ3n) is 3.16. The van der Waals surface area contributed by atoms with Gasteiger partial charge in [0.25, 0.3) is 0 Å². The lowest BCUT2D eigenvalue weighted by molar-refractivity contribution is 0.590. The number of anilines is 2. The van der Waals surface area contributed by atoms with Crippen LogP contribution < -0.4 is 5.32 Å². The van der Waals surface area contributed by atoms with E-state index < -0.39 is 0 Å². The molecular weight excluding hydrogens is 268 g/mol. The maximum absolute atomic E-state index is 9.15. The zero-order valence-corrected chi connectivity index (χ0v) is 12.6. The molecule has 2 aromatic carbocycles. The van der Waals surface area contributed by atoms with Gasteiger partial charge in [-0.2, -0.15) is 5.26 Å². The van der Waals surface area contributed by atoms with Crippen LogP contribution >= 0.6 is 11.6 Å². The SMILES string of the molecule is CC(C)(C)c1ccc(Nc2cccc(Cl)c2C#N)cc1. The molecular formula is C17H17ClN2. The van der Waals surface area contributed by atoms with Gasteiger partial charge in [-0.3, -0.25) is 0 Å². The fourth-order valence-corrected chi connectivity index (χ4v) is 2.17. The highest BCUT2D eigenvalue weighted by Gasteiger charge is 2.13. The monoisotopic (exact) mass is 284 g/mol. The highest BCUT2D eigenvalue weighted by Crippen LogP contribution is 2.28. The fraction of sp³-hybridized carbons (Fsp3) is 0.235. The molecule has 0 atom stereocenters. The predicted octanol–water partition coefficient (Wildman–Crippen LogP) is 5.25. The van der Waals surface area contributed by atoms with Gasteiger partial charge in [-0.25, -0.2) is 0 Å². The maximum Gasteiger partial charge on any atom is 0.103 e. The van der Waals surface area contributed by atoms with Crippen LogP contribution in [0, 0.1) is 11.3 Å². The van der Waals surface area contributed by atoms with Crippen molar-refractivity contribution in [2.24, 2.45) is 0 Å². The quantitative estimate of drug-likeness (QED) is 0.817. The average Bonchev–Trinajstić information content (AvgIpc) is 2.38. The largest absolute Gasteiger partial charge is 0.354 e. The van der Waals surface area contributed by atoms with E-state index in [1.165, 1.54) is 5.56 Å². The highest BCUT2D eigenvalue weighted by molar-refractivity contribution is 6.32. The normalized spacial score (nSPS) is 10.9. The summed E-state index contributed by atoms with van der Waals surface area (Å²) in [5, 5.41) is 12.9. The van der Waals surface area contributed by atoms with E-state index in [1.54, 1.807) is 6.07 Å². The standard InChI is InChI=1S/C17H17ClN2/c1-17(2,3)12-7-9-13(10-8-12)20-16-6-4-5-15(18)14(16)11-19/h4-10,20H,1-3H3. The van der Waals surface area contributed by atoms with E-state index in [1.807, 2.05) is 24.3 Å². The molecule has 3 heteroatoms. The first-order chi connectivity index (χ1) is 9.41. The molecule has 0 aliphatic carbocycles. The van der Waals surface area contributed by atoms with Gasteiger partial charge in [-0.1, -0.05) is 50.6 Å². The molecule has 1 N–H and O–H groups in total. The van der Waals surface area contributed by atoms with E-state index in [2.05, 4.69) is 44.3 Å². The molecule has 0 amide bonds. The number of hydrogen-bond donors (Lipinski definition) is 1. The Bertz CT molecular complexity index is 646. The lowest BCUT2D eigenvalue weighted by Gasteiger charge is -2.19. The zero-order chi connectivity index (χ0) is 14.8. The molecule has 0 fully saturated rings. The number of hydrogen-bond acceptors (Lipinski definition) is 2. The molecule has 0 radical (unpaired) electrons. The van der Waals surface area contributed by atoms with Crippen LogP contribution in [0.4, 0.5) is 11.4 Å².